The fourth-order valence-corrected chi connectivity index (χ4v) is 5.70. The first-order valence-electron chi connectivity index (χ1n) is 11.4. The molecule has 196 valence electrons. The monoisotopic (exact) mass is 582 g/mol. The van der Waals surface area contributed by atoms with Gasteiger partial charge in [-0.2, -0.15) is 0 Å². The number of allylic oxidation sites excluding steroid dienone is 1. The molecule has 1 atom stereocenters. The summed E-state index contributed by atoms with van der Waals surface area (Å²) in [6.45, 7) is 1.64. The van der Waals surface area contributed by atoms with Crippen molar-refractivity contribution in [1.82, 2.24) is 4.57 Å². The van der Waals surface area contributed by atoms with Gasteiger partial charge in [-0.3, -0.25) is 24.3 Å². The van der Waals surface area contributed by atoms with Gasteiger partial charge in [-0.05, 0) is 72.7 Å². The molecule has 39 heavy (non-hydrogen) atoms. The summed E-state index contributed by atoms with van der Waals surface area (Å²) in [6.07, 6.45) is 1.62. The fraction of sp³-hybridized carbons (Fsp3) is 0.0741. The molecule has 0 saturated carbocycles. The molecule has 1 aliphatic heterocycles. The van der Waals surface area contributed by atoms with Gasteiger partial charge in [-0.15, -0.1) is 0 Å². The van der Waals surface area contributed by atoms with Gasteiger partial charge in [0.1, 0.15) is 5.82 Å². The van der Waals surface area contributed by atoms with E-state index in [-0.39, 0.29) is 11.3 Å². The van der Waals surface area contributed by atoms with Crippen molar-refractivity contribution in [3.8, 4) is 0 Å². The molecule has 0 aliphatic carbocycles. The van der Waals surface area contributed by atoms with Crippen LogP contribution in [0.1, 0.15) is 24.1 Å². The number of hydrogen-bond donors (Lipinski definition) is 1. The van der Waals surface area contributed by atoms with E-state index in [1.165, 1.54) is 53.1 Å². The lowest BCUT2D eigenvalue weighted by molar-refractivity contribution is -0.384. The van der Waals surface area contributed by atoms with E-state index >= 15 is 0 Å². The van der Waals surface area contributed by atoms with Gasteiger partial charge in [0.2, 0.25) is 0 Å². The Labute approximate surface area is 234 Å². The lowest BCUT2D eigenvalue weighted by Gasteiger charge is -2.25. The number of halogens is 3. The molecule has 1 amide bonds. The summed E-state index contributed by atoms with van der Waals surface area (Å²) < 4.78 is 15.1. The Kier molecular flexibility index (Phi) is 7.17. The van der Waals surface area contributed by atoms with E-state index in [1.807, 2.05) is 0 Å². The molecule has 0 saturated heterocycles. The summed E-state index contributed by atoms with van der Waals surface area (Å²) in [5.41, 5.74) is 1.35. The SMILES string of the molecule is CC1=C(C(=O)Nc2ccc(F)cc2)C(c2ccc([N+](=O)[O-])cc2)n2c(s/c(=C/c3ccc(Cl)cc3Cl)c2=O)=N1. The number of nitrogens with zero attached hydrogens (tertiary/aromatic N) is 3. The van der Waals surface area contributed by atoms with Crippen LogP contribution in [0.3, 0.4) is 0 Å². The van der Waals surface area contributed by atoms with Gasteiger partial charge in [0, 0.05) is 27.9 Å². The number of carbonyl (C=O) groups excluding carboxylic acids is 1. The molecule has 12 heteroatoms. The van der Waals surface area contributed by atoms with Gasteiger partial charge in [-0.1, -0.05) is 40.6 Å². The summed E-state index contributed by atoms with van der Waals surface area (Å²) in [4.78, 5) is 42.9. The molecular weight excluding hydrogens is 566 g/mol. The van der Waals surface area contributed by atoms with Crippen LogP contribution in [0.2, 0.25) is 10.0 Å². The number of fused-ring (bicyclic) bond motifs is 1. The number of carbonyl (C=O) groups is 1. The van der Waals surface area contributed by atoms with Crippen molar-refractivity contribution >= 4 is 57.9 Å². The third-order valence-corrected chi connectivity index (χ3v) is 7.58. The number of nitro groups is 1. The first kappa shape index (κ1) is 26.5. The number of amides is 1. The van der Waals surface area contributed by atoms with E-state index < -0.39 is 28.2 Å². The lowest BCUT2D eigenvalue weighted by Crippen LogP contribution is -2.40. The van der Waals surface area contributed by atoms with Crippen LogP contribution in [-0.4, -0.2) is 15.4 Å². The molecule has 0 fully saturated rings. The first-order chi connectivity index (χ1) is 18.6. The van der Waals surface area contributed by atoms with Crippen LogP contribution in [-0.2, 0) is 4.79 Å². The molecule has 1 unspecified atom stereocenters. The van der Waals surface area contributed by atoms with Gasteiger partial charge >= 0.3 is 0 Å². The van der Waals surface area contributed by atoms with Crippen molar-refractivity contribution in [3.63, 3.8) is 0 Å². The topological polar surface area (TPSA) is 107 Å². The lowest BCUT2D eigenvalue weighted by atomic mass is 9.95. The average Bonchev–Trinajstić information content (AvgIpc) is 3.20. The summed E-state index contributed by atoms with van der Waals surface area (Å²) >= 11 is 13.4. The highest BCUT2D eigenvalue weighted by Gasteiger charge is 2.33. The van der Waals surface area contributed by atoms with Crippen LogP contribution in [0.5, 0.6) is 0 Å². The van der Waals surface area contributed by atoms with Crippen molar-refractivity contribution < 1.29 is 14.1 Å². The number of thiazole rings is 1. The highest BCUT2D eigenvalue weighted by molar-refractivity contribution is 7.07. The number of non-ortho nitro benzene ring substituents is 1. The van der Waals surface area contributed by atoms with Gasteiger partial charge in [0.25, 0.3) is 17.2 Å². The molecule has 4 aromatic rings. The van der Waals surface area contributed by atoms with E-state index in [1.54, 1.807) is 31.2 Å². The smallest absolute Gasteiger partial charge is 0.271 e. The van der Waals surface area contributed by atoms with Crippen LogP contribution in [0.25, 0.3) is 6.08 Å². The molecule has 8 nitrogen and oxygen atoms in total. The van der Waals surface area contributed by atoms with Gasteiger partial charge < -0.3 is 5.32 Å². The summed E-state index contributed by atoms with van der Waals surface area (Å²) in [5, 5.41) is 14.8. The van der Waals surface area contributed by atoms with Crippen molar-refractivity contribution in [2.45, 2.75) is 13.0 Å². The molecule has 0 radical (unpaired) electrons. The molecule has 1 N–H and O–H groups in total. The van der Waals surface area contributed by atoms with Crippen LogP contribution in [0.15, 0.2) is 87.8 Å². The van der Waals surface area contributed by atoms with E-state index in [9.17, 15) is 24.1 Å². The maximum absolute atomic E-state index is 13.7. The third-order valence-electron chi connectivity index (χ3n) is 6.04. The first-order valence-corrected chi connectivity index (χ1v) is 13.0. The number of hydrogen-bond acceptors (Lipinski definition) is 6. The van der Waals surface area contributed by atoms with Gasteiger partial charge in [0.15, 0.2) is 4.80 Å². The normalized spacial score (nSPS) is 15.1. The second kappa shape index (κ2) is 10.6. The zero-order valence-corrected chi connectivity index (χ0v) is 22.4. The Bertz CT molecular complexity index is 1850. The standard InChI is InChI=1S/C27H17Cl2FN4O4S/c1-14-23(25(35)32-19-8-6-18(30)7-9-19)24(15-3-10-20(11-4-15)34(37)38)33-26(36)22(39-27(33)31-14)12-16-2-5-17(28)13-21(16)29/h2-13,24H,1H3,(H,32,35)/b22-12+. The fourth-order valence-electron chi connectivity index (χ4n) is 4.20. The second-order valence-electron chi connectivity index (χ2n) is 8.56. The second-order valence-corrected chi connectivity index (χ2v) is 10.4. The van der Waals surface area contributed by atoms with Crippen LogP contribution < -0.4 is 20.2 Å². The zero-order chi connectivity index (χ0) is 27.8. The van der Waals surface area contributed by atoms with E-state index in [4.69, 9.17) is 23.2 Å². The number of benzene rings is 3. The van der Waals surface area contributed by atoms with Crippen molar-refractivity contribution in [2.24, 2.45) is 4.99 Å². The molecule has 5 rings (SSSR count). The quantitative estimate of drug-likeness (QED) is 0.257. The Morgan fingerprint density at radius 3 is 2.46 bits per heavy atom. The third kappa shape index (κ3) is 5.26. The van der Waals surface area contributed by atoms with Crippen LogP contribution >= 0.6 is 34.5 Å². The molecule has 3 aromatic carbocycles. The predicted octanol–water partition coefficient (Wildman–Crippen LogP) is 5.23. The number of rotatable bonds is 5. The Morgan fingerprint density at radius 1 is 1.13 bits per heavy atom. The Morgan fingerprint density at radius 2 is 1.82 bits per heavy atom. The summed E-state index contributed by atoms with van der Waals surface area (Å²) in [7, 11) is 0. The minimum absolute atomic E-state index is 0.137. The molecule has 0 spiro atoms. The number of nitro benzene ring substituents is 1. The van der Waals surface area contributed by atoms with Crippen molar-refractivity contribution in [2.75, 3.05) is 5.32 Å². The van der Waals surface area contributed by atoms with Crippen molar-refractivity contribution in [1.29, 1.82) is 0 Å². The van der Waals surface area contributed by atoms with Gasteiger partial charge in [0.05, 0.1) is 26.8 Å². The van der Waals surface area contributed by atoms with E-state index in [0.717, 1.165) is 11.3 Å². The minimum Gasteiger partial charge on any atom is -0.322 e. The summed E-state index contributed by atoms with van der Waals surface area (Å²) in [5.74, 6) is -1.01. The molecular formula is C27H17Cl2FN4O4S. The minimum atomic E-state index is -0.939. The number of aromatic nitrogens is 1. The van der Waals surface area contributed by atoms with E-state index in [0.29, 0.717) is 41.9 Å². The zero-order valence-electron chi connectivity index (χ0n) is 20.0. The molecule has 0 bridgehead atoms. The predicted molar refractivity (Wildman–Crippen MR) is 148 cm³/mol. The Balaban J connectivity index is 1.67. The molecule has 1 aromatic heterocycles. The molecule has 1 aliphatic rings. The largest absolute Gasteiger partial charge is 0.322 e. The molecule has 2 heterocycles. The van der Waals surface area contributed by atoms with Crippen molar-refractivity contribution in [3.05, 3.63) is 135 Å². The Hall–Kier alpha value is -4.12. The highest BCUT2D eigenvalue weighted by atomic mass is 35.5. The number of anilines is 1. The summed E-state index contributed by atoms with van der Waals surface area (Å²) in [6, 6.07) is 14.8. The maximum Gasteiger partial charge on any atom is 0.271 e. The van der Waals surface area contributed by atoms with Gasteiger partial charge in [-0.25, -0.2) is 9.38 Å². The highest BCUT2D eigenvalue weighted by Crippen LogP contribution is 2.32. The number of nitrogens with one attached hydrogen (secondary N) is 1. The maximum atomic E-state index is 13.7. The van der Waals surface area contributed by atoms with E-state index in [2.05, 4.69) is 10.3 Å². The van der Waals surface area contributed by atoms with Crippen LogP contribution in [0.4, 0.5) is 15.8 Å². The van der Waals surface area contributed by atoms with Crippen LogP contribution in [0, 0.1) is 15.9 Å². The average molecular weight is 583 g/mol.